The SMILES string of the molecule is CC(C)C(O)C(C)(C)CNC(=O)CN1CCCCC1=O. The smallest absolute Gasteiger partial charge is 0.239 e. The van der Waals surface area contributed by atoms with Crippen LogP contribution in [0.15, 0.2) is 0 Å². The summed E-state index contributed by atoms with van der Waals surface area (Å²) < 4.78 is 0. The van der Waals surface area contributed by atoms with E-state index in [1.165, 1.54) is 0 Å². The van der Waals surface area contributed by atoms with Gasteiger partial charge in [-0.3, -0.25) is 9.59 Å². The van der Waals surface area contributed by atoms with Crippen LogP contribution in [0.1, 0.15) is 47.0 Å². The first-order valence-electron chi connectivity index (χ1n) is 7.46. The number of aliphatic hydroxyl groups is 1. The van der Waals surface area contributed by atoms with Gasteiger partial charge in [0.1, 0.15) is 0 Å². The molecule has 1 atom stereocenters. The number of rotatable bonds is 6. The van der Waals surface area contributed by atoms with Gasteiger partial charge in [0.25, 0.3) is 0 Å². The number of piperidine rings is 1. The van der Waals surface area contributed by atoms with Gasteiger partial charge in [-0.05, 0) is 18.8 Å². The number of carbonyl (C=O) groups is 2. The minimum Gasteiger partial charge on any atom is -0.392 e. The molecule has 0 spiro atoms. The van der Waals surface area contributed by atoms with Gasteiger partial charge in [0, 0.05) is 24.9 Å². The Bertz CT molecular complexity index is 353. The summed E-state index contributed by atoms with van der Waals surface area (Å²) in [6.45, 7) is 9.00. The second-order valence-electron chi connectivity index (χ2n) is 6.73. The van der Waals surface area contributed by atoms with E-state index in [4.69, 9.17) is 0 Å². The molecule has 5 heteroatoms. The Hall–Kier alpha value is -1.10. The molecule has 1 aliphatic rings. The van der Waals surface area contributed by atoms with E-state index in [9.17, 15) is 14.7 Å². The average molecular weight is 284 g/mol. The fourth-order valence-electron chi connectivity index (χ4n) is 2.59. The van der Waals surface area contributed by atoms with Gasteiger partial charge in [0.05, 0.1) is 12.6 Å². The molecule has 0 aromatic rings. The van der Waals surface area contributed by atoms with Gasteiger partial charge in [0.2, 0.25) is 11.8 Å². The monoisotopic (exact) mass is 284 g/mol. The topological polar surface area (TPSA) is 69.6 Å². The maximum Gasteiger partial charge on any atom is 0.239 e. The maximum absolute atomic E-state index is 11.9. The molecule has 2 N–H and O–H groups in total. The highest BCUT2D eigenvalue weighted by atomic mass is 16.3. The van der Waals surface area contributed by atoms with Crippen molar-refractivity contribution < 1.29 is 14.7 Å². The largest absolute Gasteiger partial charge is 0.392 e. The zero-order valence-electron chi connectivity index (χ0n) is 13.1. The van der Waals surface area contributed by atoms with Gasteiger partial charge in [-0.15, -0.1) is 0 Å². The molecule has 0 bridgehead atoms. The van der Waals surface area contributed by atoms with Crippen LogP contribution in [0.3, 0.4) is 0 Å². The summed E-state index contributed by atoms with van der Waals surface area (Å²) in [5.74, 6) is 0.0581. The Morgan fingerprint density at radius 3 is 2.60 bits per heavy atom. The highest BCUT2D eigenvalue weighted by Crippen LogP contribution is 2.25. The van der Waals surface area contributed by atoms with Gasteiger partial charge in [-0.1, -0.05) is 27.7 Å². The molecule has 1 aliphatic heterocycles. The van der Waals surface area contributed by atoms with E-state index in [0.717, 1.165) is 12.8 Å². The van der Waals surface area contributed by atoms with Crippen LogP contribution in [-0.4, -0.2) is 47.6 Å². The lowest BCUT2D eigenvalue weighted by atomic mass is 9.81. The molecule has 0 saturated carbocycles. The maximum atomic E-state index is 11.9. The number of hydrogen-bond acceptors (Lipinski definition) is 3. The van der Waals surface area contributed by atoms with Crippen molar-refractivity contribution in [3.8, 4) is 0 Å². The molecule has 2 amide bonds. The predicted molar refractivity (Wildman–Crippen MR) is 78.1 cm³/mol. The van der Waals surface area contributed by atoms with Crippen LogP contribution < -0.4 is 5.32 Å². The molecule has 0 aliphatic carbocycles. The van der Waals surface area contributed by atoms with Crippen LogP contribution in [0, 0.1) is 11.3 Å². The van der Waals surface area contributed by atoms with Crippen molar-refractivity contribution in [3.05, 3.63) is 0 Å². The standard InChI is InChI=1S/C15H28N2O3/c1-11(2)14(20)15(3,4)10-16-12(18)9-17-8-6-5-7-13(17)19/h11,14,20H,5-10H2,1-4H3,(H,16,18). The summed E-state index contributed by atoms with van der Waals surface area (Å²) in [4.78, 5) is 25.2. The van der Waals surface area contributed by atoms with Crippen LogP contribution in [0.5, 0.6) is 0 Å². The fraction of sp³-hybridized carbons (Fsp3) is 0.867. The van der Waals surface area contributed by atoms with Crippen molar-refractivity contribution in [2.24, 2.45) is 11.3 Å². The second-order valence-corrected chi connectivity index (χ2v) is 6.73. The highest BCUT2D eigenvalue weighted by Gasteiger charge is 2.31. The van der Waals surface area contributed by atoms with Crippen molar-refractivity contribution in [3.63, 3.8) is 0 Å². The minimum atomic E-state index is -0.473. The first-order valence-corrected chi connectivity index (χ1v) is 7.46. The third kappa shape index (κ3) is 4.78. The molecule has 0 aromatic heterocycles. The normalized spacial score (nSPS) is 18.3. The number of likely N-dealkylation sites (tertiary alicyclic amines) is 1. The number of aliphatic hydroxyl groups excluding tert-OH is 1. The summed E-state index contributed by atoms with van der Waals surface area (Å²) in [5.41, 5.74) is -0.379. The molecule has 0 radical (unpaired) electrons. The van der Waals surface area contributed by atoms with Crippen molar-refractivity contribution in [2.45, 2.75) is 53.1 Å². The molecule has 1 heterocycles. The molecule has 20 heavy (non-hydrogen) atoms. The number of carbonyl (C=O) groups excluding carboxylic acids is 2. The van der Waals surface area contributed by atoms with Gasteiger partial charge in [0.15, 0.2) is 0 Å². The summed E-state index contributed by atoms with van der Waals surface area (Å²) >= 11 is 0. The van der Waals surface area contributed by atoms with Crippen molar-refractivity contribution in [1.82, 2.24) is 10.2 Å². The Morgan fingerprint density at radius 2 is 2.05 bits per heavy atom. The van der Waals surface area contributed by atoms with Gasteiger partial charge in [-0.2, -0.15) is 0 Å². The van der Waals surface area contributed by atoms with E-state index in [1.807, 2.05) is 27.7 Å². The minimum absolute atomic E-state index is 0.0628. The van der Waals surface area contributed by atoms with Crippen LogP contribution in [0.4, 0.5) is 0 Å². The Kier molecular flexibility index (Phi) is 5.99. The highest BCUT2D eigenvalue weighted by molar-refractivity contribution is 5.85. The summed E-state index contributed by atoms with van der Waals surface area (Å²) in [6, 6.07) is 0. The lowest BCUT2D eigenvalue weighted by Gasteiger charge is -2.33. The predicted octanol–water partition coefficient (Wildman–Crippen LogP) is 1.16. The third-order valence-electron chi connectivity index (χ3n) is 3.93. The van der Waals surface area contributed by atoms with Crippen LogP contribution >= 0.6 is 0 Å². The van der Waals surface area contributed by atoms with Crippen molar-refractivity contribution >= 4 is 11.8 Å². The molecule has 1 unspecified atom stereocenters. The summed E-state index contributed by atoms with van der Waals surface area (Å²) in [5, 5.41) is 12.9. The van der Waals surface area contributed by atoms with Gasteiger partial charge in [-0.25, -0.2) is 0 Å². The molecule has 1 saturated heterocycles. The summed E-state index contributed by atoms with van der Waals surface area (Å²) in [6.07, 6.45) is 1.96. The molecule has 0 aromatic carbocycles. The fourth-order valence-corrected chi connectivity index (χ4v) is 2.59. The van der Waals surface area contributed by atoms with E-state index in [0.29, 0.717) is 19.5 Å². The van der Waals surface area contributed by atoms with Gasteiger partial charge >= 0.3 is 0 Å². The second kappa shape index (κ2) is 7.07. The lowest BCUT2D eigenvalue weighted by molar-refractivity contribution is -0.138. The zero-order chi connectivity index (χ0) is 15.3. The van der Waals surface area contributed by atoms with E-state index in [2.05, 4.69) is 5.32 Å². The number of nitrogens with one attached hydrogen (secondary N) is 1. The Balaban J connectivity index is 2.41. The van der Waals surface area contributed by atoms with Crippen LogP contribution in [0.25, 0.3) is 0 Å². The number of nitrogens with zero attached hydrogens (tertiary/aromatic N) is 1. The van der Waals surface area contributed by atoms with Crippen LogP contribution in [-0.2, 0) is 9.59 Å². The lowest BCUT2D eigenvalue weighted by Crippen LogP contribution is -2.47. The van der Waals surface area contributed by atoms with Gasteiger partial charge < -0.3 is 15.3 Å². The van der Waals surface area contributed by atoms with E-state index >= 15 is 0 Å². The molecular weight excluding hydrogens is 256 g/mol. The Labute approximate surface area is 121 Å². The van der Waals surface area contributed by atoms with Crippen LogP contribution in [0.2, 0.25) is 0 Å². The van der Waals surface area contributed by atoms with E-state index in [-0.39, 0.29) is 29.7 Å². The molecule has 5 nitrogen and oxygen atoms in total. The quantitative estimate of drug-likeness (QED) is 0.769. The van der Waals surface area contributed by atoms with Crippen molar-refractivity contribution in [1.29, 1.82) is 0 Å². The molecular formula is C15H28N2O3. The molecule has 1 rings (SSSR count). The number of amides is 2. The molecule has 1 fully saturated rings. The van der Waals surface area contributed by atoms with E-state index in [1.54, 1.807) is 4.90 Å². The Morgan fingerprint density at radius 1 is 1.40 bits per heavy atom. The van der Waals surface area contributed by atoms with Crippen molar-refractivity contribution in [2.75, 3.05) is 19.6 Å². The zero-order valence-corrected chi connectivity index (χ0v) is 13.1. The average Bonchev–Trinajstić information content (AvgIpc) is 2.38. The summed E-state index contributed by atoms with van der Waals surface area (Å²) in [7, 11) is 0. The van der Waals surface area contributed by atoms with E-state index < -0.39 is 6.10 Å². The first kappa shape index (κ1) is 17.0. The number of hydrogen-bond donors (Lipinski definition) is 2. The third-order valence-corrected chi connectivity index (χ3v) is 3.93. The molecule has 116 valence electrons. The first-order chi connectivity index (χ1) is 9.24.